The van der Waals surface area contributed by atoms with Gasteiger partial charge in [-0.3, -0.25) is 4.79 Å². The number of benzene rings is 1. The molecule has 9 heteroatoms. The molecule has 1 aromatic carbocycles. The number of hydrogen-bond acceptors (Lipinski definition) is 7. The van der Waals surface area contributed by atoms with Gasteiger partial charge in [0.15, 0.2) is 5.79 Å². The molecule has 2 aromatic rings. The normalized spacial score (nSPS) is 19.5. The number of amides is 2. The quantitative estimate of drug-likeness (QED) is 0.687. The highest BCUT2D eigenvalue weighted by Gasteiger charge is 2.34. The van der Waals surface area contributed by atoms with Crippen molar-refractivity contribution in [2.24, 2.45) is 0 Å². The van der Waals surface area contributed by atoms with Gasteiger partial charge in [-0.1, -0.05) is 18.2 Å². The van der Waals surface area contributed by atoms with Crippen LogP contribution in [-0.2, 0) is 27.2 Å². The molecule has 0 aliphatic carbocycles. The van der Waals surface area contributed by atoms with Crippen LogP contribution in [0.2, 0.25) is 0 Å². The highest BCUT2D eigenvalue weighted by atomic mass is 32.1. The Morgan fingerprint density at radius 3 is 2.81 bits per heavy atom. The van der Waals surface area contributed by atoms with E-state index < -0.39 is 11.9 Å². The van der Waals surface area contributed by atoms with Gasteiger partial charge in [-0.15, -0.1) is 11.3 Å². The average molecular weight is 444 g/mol. The molecule has 2 aliphatic rings. The van der Waals surface area contributed by atoms with Gasteiger partial charge in [0, 0.05) is 28.8 Å². The first kappa shape index (κ1) is 21.5. The van der Waals surface area contributed by atoms with Gasteiger partial charge in [0.05, 0.1) is 13.2 Å². The van der Waals surface area contributed by atoms with Gasteiger partial charge >= 0.3 is 6.09 Å². The maximum absolute atomic E-state index is 12.5. The fourth-order valence-corrected chi connectivity index (χ4v) is 4.93. The highest BCUT2D eigenvalue weighted by Crippen LogP contribution is 2.36. The summed E-state index contributed by atoms with van der Waals surface area (Å²) in [5, 5.41) is 11.4. The lowest BCUT2D eigenvalue weighted by Gasteiger charge is -2.27. The van der Waals surface area contributed by atoms with Crippen molar-refractivity contribution in [3.63, 3.8) is 0 Å². The first-order chi connectivity index (χ1) is 14.9. The van der Waals surface area contributed by atoms with Crippen LogP contribution in [0.3, 0.4) is 0 Å². The van der Waals surface area contributed by atoms with Gasteiger partial charge in [-0.05, 0) is 38.0 Å². The Kier molecular flexibility index (Phi) is 6.08. The van der Waals surface area contributed by atoms with Crippen LogP contribution in [0, 0.1) is 5.41 Å². The monoisotopic (exact) mass is 443 g/mol. The molecule has 0 saturated carbocycles. The molecule has 2 N–H and O–H groups in total. The van der Waals surface area contributed by atoms with E-state index >= 15 is 0 Å². The van der Waals surface area contributed by atoms with Crippen molar-refractivity contribution in [2.45, 2.75) is 38.7 Å². The van der Waals surface area contributed by atoms with Crippen molar-refractivity contribution in [3.05, 3.63) is 51.9 Å². The summed E-state index contributed by atoms with van der Waals surface area (Å²) in [5.41, 5.74) is 2.26. The van der Waals surface area contributed by atoms with E-state index in [1.807, 2.05) is 19.9 Å². The summed E-state index contributed by atoms with van der Waals surface area (Å²) in [6.07, 6.45) is 1.19. The van der Waals surface area contributed by atoms with Crippen molar-refractivity contribution >= 4 is 34.6 Å². The van der Waals surface area contributed by atoms with E-state index in [-0.39, 0.29) is 18.6 Å². The maximum Gasteiger partial charge on any atom is 0.410 e. The summed E-state index contributed by atoms with van der Waals surface area (Å²) in [7, 11) is 0. The largest absolute Gasteiger partial charge is 0.447 e. The van der Waals surface area contributed by atoms with Crippen LogP contribution >= 0.6 is 11.3 Å². The van der Waals surface area contributed by atoms with Crippen LogP contribution in [0.5, 0.6) is 0 Å². The van der Waals surface area contributed by atoms with Gasteiger partial charge in [-0.2, -0.15) is 0 Å². The lowest BCUT2D eigenvalue weighted by molar-refractivity contribution is -0.143. The number of nitrogens with one attached hydrogen (secondary N) is 2. The van der Waals surface area contributed by atoms with Crippen molar-refractivity contribution < 1.29 is 23.8 Å². The molecule has 1 fully saturated rings. The van der Waals surface area contributed by atoms with E-state index in [1.165, 1.54) is 17.6 Å². The van der Waals surface area contributed by atoms with Gasteiger partial charge in [0.2, 0.25) is 0 Å². The van der Waals surface area contributed by atoms with Gasteiger partial charge in [-0.25, -0.2) is 4.79 Å². The molecule has 8 nitrogen and oxygen atoms in total. The van der Waals surface area contributed by atoms with Crippen LogP contribution in [0.4, 0.5) is 9.80 Å². The zero-order valence-corrected chi connectivity index (χ0v) is 18.3. The number of carbonyl (C=O) groups excluding carboxylic acids is 2. The van der Waals surface area contributed by atoms with E-state index in [1.54, 1.807) is 29.2 Å². The van der Waals surface area contributed by atoms with Crippen molar-refractivity contribution in [2.75, 3.05) is 25.1 Å². The molecule has 2 amide bonds. The molecular weight excluding hydrogens is 418 g/mol. The summed E-state index contributed by atoms with van der Waals surface area (Å²) in [6.45, 7) is 5.06. The Hall–Kier alpha value is -2.75. The zero-order chi connectivity index (χ0) is 22.0. The van der Waals surface area contributed by atoms with E-state index in [0.717, 1.165) is 10.4 Å². The standard InChI is InChI=1S/C22H25N3O5S/c1-22(2)29-13-15(30-22)12-28-21(27)25-9-8-16-17(10-23)20(31-18(16)11-25)24-19(26)14-6-4-3-5-7-14/h3-7,10,15,23H,8-9,11-13H2,1-2H3,(H,24,26). The number of ether oxygens (including phenoxy) is 3. The third kappa shape index (κ3) is 4.79. The maximum atomic E-state index is 12.5. The van der Waals surface area contributed by atoms with Gasteiger partial charge in [0.1, 0.15) is 17.7 Å². The molecule has 0 spiro atoms. The second kappa shape index (κ2) is 8.78. The molecule has 164 valence electrons. The Labute approximate surface area is 184 Å². The zero-order valence-electron chi connectivity index (χ0n) is 17.5. The topological polar surface area (TPSA) is 101 Å². The Morgan fingerprint density at radius 2 is 2.13 bits per heavy atom. The Bertz CT molecular complexity index is 989. The van der Waals surface area contributed by atoms with Crippen LogP contribution in [0.1, 0.15) is 40.2 Å². The number of thiophene rings is 1. The molecule has 0 bridgehead atoms. The molecule has 0 radical (unpaired) electrons. The van der Waals surface area contributed by atoms with Crippen molar-refractivity contribution in [3.8, 4) is 0 Å². The van der Waals surface area contributed by atoms with Gasteiger partial charge in [0.25, 0.3) is 5.91 Å². The molecule has 2 aliphatic heterocycles. The predicted octanol–water partition coefficient (Wildman–Crippen LogP) is 3.64. The third-order valence-electron chi connectivity index (χ3n) is 5.22. The van der Waals surface area contributed by atoms with Crippen molar-refractivity contribution in [1.82, 2.24) is 4.90 Å². The minimum absolute atomic E-state index is 0.139. The third-order valence-corrected chi connectivity index (χ3v) is 6.37. The number of carbonyl (C=O) groups is 2. The summed E-state index contributed by atoms with van der Waals surface area (Å²) in [6, 6.07) is 8.94. The Balaban J connectivity index is 1.40. The number of rotatable bonds is 5. The second-order valence-electron chi connectivity index (χ2n) is 7.91. The Morgan fingerprint density at radius 1 is 1.35 bits per heavy atom. The molecule has 1 atom stereocenters. The number of hydrogen-bond donors (Lipinski definition) is 2. The minimum Gasteiger partial charge on any atom is -0.447 e. The van der Waals surface area contributed by atoms with E-state index in [0.29, 0.717) is 42.2 Å². The first-order valence-corrected chi connectivity index (χ1v) is 10.9. The van der Waals surface area contributed by atoms with Crippen LogP contribution in [0.25, 0.3) is 0 Å². The minimum atomic E-state index is -0.655. The molecule has 4 rings (SSSR count). The molecule has 1 unspecified atom stereocenters. The molecule has 1 aromatic heterocycles. The van der Waals surface area contributed by atoms with E-state index in [2.05, 4.69) is 5.32 Å². The summed E-state index contributed by atoms with van der Waals surface area (Å²) >= 11 is 1.40. The smallest absolute Gasteiger partial charge is 0.410 e. The average Bonchev–Trinajstić information content (AvgIpc) is 3.30. The number of anilines is 1. The summed E-state index contributed by atoms with van der Waals surface area (Å²) in [4.78, 5) is 27.7. The van der Waals surface area contributed by atoms with E-state index in [9.17, 15) is 9.59 Å². The lowest BCUT2D eigenvalue weighted by Crippen LogP contribution is -2.37. The molecule has 31 heavy (non-hydrogen) atoms. The second-order valence-corrected chi connectivity index (χ2v) is 9.02. The molecule has 1 saturated heterocycles. The van der Waals surface area contributed by atoms with Crippen LogP contribution < -0.4 is 5.32 Å². The SMILES string of the molecule is CC1(C)OCC(COC(=O)N2CCc3c(sc(NC(=O)c4ccccc4)c3C=N)C2)O1. The number of nitrogens with zero attached hydrogens (tertiary/aromatic N) is 1. The summed E-state index contributed by atoms with van der Waals surface area (Å²) < 4.78 is 16.6. The first-order valence-electron chi connectivity index (χ1n) is 10.1. The highest BCUT2D eigenvalue weighted by molar-refractivity contribution is 7.17. The summed E-state index contributed by atoms with van der Waals surface area (Å²) in [5.74, 6) is -0.877. The fourth-order valence-electron chi connectivity index (χ4n) is 3.69. The number of fused-ring (bicyclic) bond motifs is 1. The van der Waals surface area contributed by atoms with E-state index in [4.69, 9.17) is 19.6 Å². The van der Waals surface area contributed by atoms with Crippen LogP contribution in [-0.4, -0.2) is 54.8 Å². The fraction of sp³-hybridized carbons (Fsp3) is 0.409. The van der Waals surface area contributed by atoms with Crippen molar-refractivity contribution in [1.29, 1.82) is 5.41 Å². The van der Waals surface area contributed by atoms with Crippen LogP contribution in [0.15, 0.2) is 30.3 Å². The molecular formula is C22H25N3O5S. The molecule has 3 heterocycles. The lowest BCUT2D eigenvalue weighted by atomic mass is 10.0. The predicted molar refractivity (Wildman–Crippen MR) is 117 cm³/mol. The van der Waals surface area contributed by atoms with Gasteiger partial charge < -0.3 is 29.8 Å².